The van der Waals surface area contributed by atoms with Crippen LogP contribution in [-0.2, 0) is 6.54 Å². The molecule has 2 fully saturated rings. The van der Waals surface area contributed by atoms with Crippen molar-refractivity contribution in [2.45, 2.75) is 43.5 Å². The number of hydrogen-bond acceptors (Lipinski definition) is 5. The predicted molar refractivity (Wildman–Crippen MR) is 87.8 cm³/mol. The normalized spacial score (nSPS) is 26.2. The fourth-order valence-corrected chi connectivity index (χ4v) is 4.43. The third-order valence-corrected chi connectivity index (χ3v) is 5.70. The van der Waals surface area contributed by atoms with E-state index in [1.54, 1.807) is 0 Å². The molecule has 0 bridgehead atoms. The van der Waals surface area contributed by atoms with Crippen molar-refractivity contribution in [3.63, 3.8) is 0 Å². The standard InChI is InChI=1S/C17H21N3OS/c1-12-16(13-5-3-2-4-6-13)20(9-10-22-12)11-15-18-17(19-21-15)14-7-8-14/h2-6,12,14,16H,7-11H2,1H3. The number of hydrogen-bond donors (Lipinski definition) is 0. The predicted octanol–water partition coefficient (Wildman–Crippen LogP) is 3.63. The van der Waals surface area contributed by atoms with Gasteiger partial charge < -0.3 is 4.52 Å². The van der Waals surface area contributed by atoms with Gasteiger partial charge in [-0.2, -0.15) is 16.7 Å². The van der Waals surface area contributed by atoms with Crippen LogP contribution in [0, 0.1) is 0 Å². The van der Waals surface area contributed by atoms with Gasteiger partial charge in [-0.1, -0.05) is 42.4 Å². The van der Waals surface area contributed by atoms with E-state index in [1.165, 1.54) is 18.4 Å². The monoisotopic (exact) mass is 315 g/mol. The van der Waals surface area contributed by atoms with E-state index in [2.05, 4.69) is 52.3 Å². The van der Waals surface area contributed by atoms with Gasteiger partial charge in [-0.05, 0) is 18.4 Å². The summed E-state index contributed by atoms with van der Waals surface area (Å²) in [6.45, 7) is 4.14. The van der Waals surface area contributed by atoms with Crippen LogP contribution < -0.4 is 0 Å². The van der Waals surface area contributed by atoms with E-state index in [0.717, 1.165) is 30.6 Å². The van der Waals surface area contributed by atoms with Crippen molar-refractivity contribution in [2.75, 3.05) is 12.3 Å². The summed E-state index contributed by atoms with van der Waals surface area (Å²) >= 11 is 2.05. The molecule has 2 aliphatic rings. The molecule has 0 N–H and O–H groups in total. The van der Waals surface area contributed by atoms with Crippen LogP contribution in [0.5, 0.6) is 0 Å². The molecule has 116 valence electrons. The molecule has 1 aromatic heterocycles. The summed E-state index contributed by atoms with van der Waals surface area (Å²) in [7, 11) is 0. The quantitative estimate of drug-likeness (QED) is 0.862. The Hall–Kier alpha value is -1.33. The number of nitrogens with zero attached hydrogens (tertiary/aromatic N) is 3. The van der Waals surface area contributed by atoms with Crippen LogP contribution in [0.4, 0.5) is 0 Å². The van der Waals surface area contributed by atoms with Gasteiger partial charge in [0.2, 0.25) is 5.89 Å². The molecule has 5 heteroatoms. The van der Waals surface area contributed by atoms with Gasteiger partial charge in [-0.3, -0.25) is 4.90 Å². The molecule has 2 aromatic rings. The van der Waals surface area contributed by atoms with E-state index in [-0.39, 0.29) is 0 Å². The Morgan fingerprint density at radius 2 is 2.09 bits per heavy atom. The zero-order valence-electron chi connectivity index (χ0n) is 12.8. The molecule has 1 saturated carbocycles. The Balaban J connectivity index is 1.54. The number of rotatable bonds is 4. The Bertz CT molecular complexity index is 626. The summed E-state index contributed by atoms with van der Waals surface area (Å²) in [5, 5.41) is 4.71. The lowest BCUT2D eigenvalue weighted by molar-refractivity contribution is 0.167. The van der Waals surface area contributed by atoms with Crippen LogP contribution in [0.25, 0.3) is 0 Å². The first-order valence-corrected chi connectivity index (χ1v) is 9.09. The summed E-state index contributed by atoms with van der Waals surface area (Å²) in [4.78, 5) is 7.08. The van der Waals surface area contributed by atoms with Crippen molar-refractivity contribution < 1.29 is 4.52 Å². The SMILES string of the molecule is CC1SCCN(Cc2nc(C3CC3)no2)C1c1ccccc1. The molecular weight excluding hydrogens is 294 g/mol. The second kappa shape index (κ2) is 6.05. The molecule has 2 unspecified atom stereocenters. The van der Waals surface area contributed by atoms with Crippen LogP contribution in [0.1, 0.15) is 49.0 Å². The van der Waals surface area contributed by atoms with Crippen LogP contribution in [0.15, 0.2) is 34.9 Å². The minimum atomic E-state index is 0.413. The van der Waals surface area contributed by atoms with Crippen LogP contribution in [0.3, 0.4) is 0 Å². The Morgan fingerprint density at radius 3 is 2.86 bits per heavy atom. The fraction of sp³-hybridized carbons (Fsp3) is 0.529. The second-order valence-electron chi connectivity index (χ2n) is 6.22. The lowest BCUT2D eigenvalue weighted by Crippen LogP contribution is -2.39. The van der Waals surface area contributed by atoms with Crippen LogP contribution >= 0.6 is 11.8 Å². The summed E-state index contributed by atoms with van der Waals surface area (Å²) in [6.07, 6.45) is 2.42. The van der Waals surface area contributed by atoms with E-state index in [4.69, 9.17) is 4.52 Å². The molecule has 2 atom stereocenters. The molecule has 22 heavy (non-hydrogen) atoms. The molecule has 4 nitrogen and oxygen atoms in total. The molecule has 0 amide bonds. The molecule has 1 aliphatic carbocycles. The summed E-state index contributed by atoms with van der Waals surface area (Å²) in [6, 6.07) is 11.2. The zero-order chi connectivity index (χ0) is 14.9. The van der Waals surface area contributed by atoms with Crippen LogP contribution in [-0.4, -0.2) is 32.6 Å². The van der Waals surface area contributed by atoms with Gasteiger partial charge in [0.05, 0.1) is 6.54 Å². The first kappa shape index (κ1) is 14.3. The average Bonchev–Trinajstić information content (AvgIpc) is 3.29. The van der Waals surface area contributed by atoms with Crippen molar-refractivity contribution in [3.8, 4) is 0 Å². The molecule has 2 heterocycles. The molecule has 1 aliphatic heterocycles. The second-order valence-corrected chi connectivity index (χ2v) is 7.71. The van der Waals surface area contributed by atoms with Gasteiger partial charge >= 0.3 is 0 Å². The zero-order valence-corrected chi connectivity index (χ0v) is 13.6. The largest absolute Gasteiger partial charge is 0.338 e. The first-order chi connectivity index (χ1) is 10.8. The highest BCUT2D eigenvalue weighted by Gasteiger charge is 2.33. The van der Waals surface area contributed by atoms with Gasteiger partial charge in [0.1, 0.15) is 0 Å². The Morgan fingerprint density at radius 1 is 1.27 bits per heavy atom. The molecular formula is C17H21N3OS. The molecule has 0 radical (unpaired) electrons. The van der Waals surface area contributed by atoms with Gasteiger partial charge in [-0.25, -0.2) is 0 Å². The lowest BCUT2D eigenvalue weighted by Gasteiger charge is -2.39. The van der Waals surface area contributed by atoms with Gasteiger partial charge in [0, 0.05) is 29.5 Å². The number of thioether (sulfide) groups is 1. The summed E-state index contributed by atoms with van der Waals surface area (Å²) in [5.41, 5.74) is 1.38. The third-order valence-electron chi connectivity index (χ3n) is 4.50. The number of benzene rings is 1. The smallest absolute Gasteiger partial charge is 0.240 e. The Kier molecular flexibility index (Phi) is 3.92. The number of aromatic nitrogens is 2. The topological polar surface area (TPSA) is 42.2 Å². The van der Waals surface area contributed by atoms with E-state index < -0.39 is 0 Å². The van der Waals surface area contributed by atoms with Crippen molar-refractivity contribution >= 4 is 11.8 Å². The molecule has 0 spiro atoms. The van der Waals surface area contributed by atoms with Crippen molar-refractivity contribution in [3.05, 3.63) is 47.6 Å². The Labute approximate surface area is 135 Å². The molecule has 1 saturated heterocycles. The van der Waals surface area contributed by atoms with Crippen molar-refractivity contribution in [1.29, 1.82) is 0 Å². The highest BCUT2D eigenvalue weighted by Crippen LogP contribution is 2.39. The maximum absolute atomic E-state index is 5.48. The van der Waals surface area contributed by atoms with Crippen molar-refractivity contribution in [1.82, 2.24) is 15.0 Å². The summed E-state index contributed by atoms with van der Waals surface area (Å²) < 4.78 is 5.48. The minimum absolute atomic E-state index is 0.413. The maximum atomic E-state index is 5.48. The first-order valence-electron chi connectivity index (χ1n) is 8.04. The highest BCUT2D eigenvalue weighted by atomic mass is 32.2. The van der Waals surface area contributed by atoms with Crippen molar-refractivity contribution in [2.24, 2.45) is 0 Å². The highest BCUT2D eigenvalue weighted by molar-refractivity contribution is 8.00. The van der Waals surface area contributed by atoms with Gasteiger partial charge in [0.15, 0.2) is 5.82 Å². The van der Waals surface area contributed by atoms with E-state index >= 15 is 0 Å². The third kappa shape index (κ3) is 2.92. The molecule has 4 rings (SSSR count). The molecule has 1 aromatic carbocycles. The van der Waals surface area contributed by atoms with E-state index in [9.17, 15) is 0 Å². The maximum Gasteiger partial charge on any atom is 0.240 e. The van der Waals surface area contributed by atoms with Gasteiger partial charge in [0.25, 0.3) is 0 Å². The average molecular weight is 315 g/mol. The van der Waals surface area contributed by atoms with E-state index in [0.29, 0.717) is 17.2 Å². The summed E-state index contributed by atoms with van der Waals surface area (Å²) in [5.74, 6) is 3.39. The van der Waals surface area contributed by atoms with Gasteiger partial charge in [-0.15, -0.1) is 0 Å². The fourth-order valence-electron chi connectivity index (χ4n) is 3.21. The minimum Gasteiger partial charge on any atom is -0.338 e. The lowest BCUT2D eigenvalue weighted by atomic mass is 10.0. The van der Waals surface area contributed by atoms with E-state index in [1.807, 2.05) is 11.8 Å². The van der Waals surface area contributed by atoms with Crippen LogP contribution in [0.2, 0.25) is 0 Å².